The third-order valence-corrected chi connectivity index (χ3v) is 5.78. The SMILES string of the molecule is Cc1cc(C)c2nc(C(F)(F)C(F)(F)F)n(Cc3ccc(-c4ccccc4-c4nn[nH]n4)cc3)c2n1. The van der Waals surface area contributed by atoms with E-state index in [2.05, 4.69) is 30.6 Å². The van der Waals surface area contributed by atoms with Crippen LogP contribution in [0.25, 0.3) is 33.7 Å². The van der Waals surface area contributed by atoms with E-state index in [1.807, 2.05) is 24.3 Å². The fourth-order valence-electron chi connectivity index (χ4n) is 4.10. The number of fused-ring (bicyclic) bond motifs is 1. The molecule has 184 valence electrons. The maximum absolute atomic E-state index is 14.5. The van der Waals surface area contributed by atoms with Gasteiger partial charge >= 0.3 is 12.1 Å². The summed E-state index contributed by atoms with van der Waals surface area (Å²) in [7, 11) is 0. The second kappa shape index (κ2) is 8.47. The molecule has 12 heteroatoms. The molecule has 0 aliphatic rings. The molecule has 0 fully saturated rings. The largest absolute Gasteiger partial charge is 0.461 e. The van der Waals surface area contributed by atoms with E-state index in [0.717, 1.165) is 21.3 Å². The van der Waals surface area contributed by atoms with Gasteiger partial charge in [0, 0.05) is 11.3 Å². The van der Waals surface area contributed by atoms with E-state index in [1.54, 1.807) is 44.2 Å². The fourth-order valence-corrected chi connectivity index (χ4v) is 4.10. The van der Waals surface area contributed by atoms with Crippen molar-refractivity contribution < 1.29 is 22.0 Å². The summed E-state index contributed by atoms with van der Waals surface area (Å²) in [6.07, 6.45) is -5.81. The van der Waals surface area contributed by atoms with Crippen molar-refractivity contribution in [1.29, 1.82) is 0 Å². The lowest BCUT2D eigenvalue weighted by molar-refractivity contribution is -0.293. The van der Waals surface area contributed by atoms with Gasteiger partial charge in [-0.1, -0.05) is 48.5 Å². The molecule has 3 aromatic heterocycles. The Balaban J connectivity index is 1.57. The molecule has 0 aliphatic heterocycles. The molecule has 0 amide bonds. The summed E-state index contributed by atoms with van der Waals surface area (Å²) in [5, 5.41) is 14.0. The van der Waals surface area contributed by atoms with Gasteiger partial charge in [0.05, 0.1) is 6.54 Å². The highest BCUT2D eigenvalue weighted by Gasteiger charge is 2.62. The van der Waals surface area contributed by atoms with Crippen LogP contribution in [-0.4, -0.2) is 41.3 Å². The number of tetrazole rings is 1. The lowest BCUT2D eigenvalue weighted by Gasteiger charge is -2.20. The summed E-state index contributed by atoms with van der Waals surface area (Å²) in [5.74, 6) is -6.15. The van der Waals surface area contributed by atoms with Crippen LogP contribution in [0.3, 0.4) is 0 Å². The number of hydrogen-bond donors (Lipinski definition) is 1. The van der Waals surface area contributed by atoms with Gasteiger partial charge < -0.3 is 4.57 Å². The van der Waals surface area contributed by atoms with Gasteiger partial charge in [0.25, 0.3) is 0 Å². The van der Waals surface area contributed by atoms with Gasteiger partial charge in [0.2, 0.25) is 5.82 Å². The second-order valence-electron chi connectivity index (χ2n) is 8.32. The molecular weight excluding hydrogens is 481 g/mol. The second-order valence-corrected chi connectivity index (χ2v) is 8.32. The number of hydrogen-bond acceptors (Lipinski definition) is 5. The summed E-state index contributed by atoms with van der Waals surface area (Å²) >= 11 is 0. The van der Waals surface area contributed by atoms with Crippen LogP contribution in [0, 0.1) is 13.8 Å². The van der Waals surface area contributed by atoms with Crippen molar-refractivity contribution in [3.8, 4) is 22.5 Å². The highest BCUT2D eigenvalue weighted by molar-refractivity contribution is 5.80. The highest BCUT2D eigenvalue weighted by atomic mass is 19.4. The number of benzene rings is 2. The minimum Gasteiger partial charge on any atom is -0.303 e. The Morgan fingerprint density at radius 2 is 1.58 bits per heavy atom. The maximum Gasteiger partial charge on any atom is 0.461 e. The number of aromatic amines is 1. The Hall–Kier alpha value is -4.22. The molecule has 0 atom stereocenters. The fraction of sp³-hybridized carbons (Fsp3) is 0.208. The standard InChI is InChI=1S/C24H18F5N7/c1-13-11-14(2)30-21-19(13)31-22(23(25,26)24(27,28)29)36(21)12-15-7-9-16(10-8-15)17-5-3-4-6-18(17)20-32-34-35-33-20/h3-11H,12H2,1-2H3,(H,32,33,34,35). The maximum atomic E-state index is 14.5. The number of aromatic nitrogens is 7. The smallest absolute Gasteiger partial charge is 0.303 e. The van der Waals surface area contributed by atoms with E-state index in [4.69, 9.17) is 0 Å². The number of rotatable bonds is 5. The Morgan fingerprint density at radius 1 is 0.889 bits per heavy atom. The molecule has 5 aromatic rings. The van der Waals surface area contributed by atoms with Crippen LogP contribution in [0.1, 0.15) is 22.6 Å². The molecule has 5 rings (SSSR count). The van der Waals surface area contributed by atoms with Crippen LogP contribution in [0.2, 0.25) is 0 Å². The highest BCUT2D eigenvalue weighted by Crippen LogP contribution is 2.44. The van der Waals surface area contributed by atoms with Gasteiger partial charge in [-0.3, -0.25) is 0 Å². The minimum absolute atomic E-state index is 0.00480. The van der Waals surface area contributed by atoms with Crippen LogP contribution < -0.4 is 0 Å². The molecule has 0 unspecified atom stereocenters. The molecule has 2 aromatic carbocycles. The van der Waals surface area contributed by atoms with E-state index in [9.17, 15) is 22.0 Å². The van der Waals surface area contributed by atoms with Gasteiger partial charge in [-0.05, 0) is 47.4 Å². The molecule has 36 heavy (non-hydrogen) atoms. The number of nitrogens with zero attached hydrogens (tertiary/aromatic N) is 6. The molecule has 0 aliphatic carbocycles. The average Bonchev–Trinajstić information content (AvgIpc) is 3.48. The van der Waals surface area contributed by atoms with Crippen molar-refractivity contribution in [2.75, 3.05) is 0 Å². The normalized spacial score (nSPS) is 12.4. The monoisotopic (exact) mass is 499 g/mol. The van der Waals surface area contributed by atoms with Crippen LogP contribution >= 0.6 is 0 Å². The number of imidazole rings is 1. The van der Waals surface area contributed by atoms with Crippen LogP contribution in [0.5, 0.6) is 0 Å². The van der Waals surface area contributed by atoms with E-state index in [-0.39, 0.29) is 17.7 Å². The van der Waals surface area contributed by atoms with Crippen molar-refractivity contribution in [3.05, 3.63) is 77.2 Å². The first kappa shape index (κ1) is 23.5. The topological polar surface area (TPSA) is 85.2 Å². The first-order valence-corrected chi connectivity index (χ1v) is 10.8. The number of H-pyrrole nitrogens is 1. The van der Waals surface area contributed by atoms with E-state index < -0.39 is 17.9 Å². The van der Waals surface area contributed by atoms with Gasteiger partial charge in [-0.25, -0.2) is 9.97 Å². The van der Waals surface area contributed by atoms with Crippen molar-refractivity contribution in [3.63, 3.8) is 0 Å². The summed E-state index contributed by atoms with van der Waals surface area (Å²) in [6.45, 7) is 2.96. The van der Waals surface area contributed by atoms with Crippen molar-refractivity contribution in [1.82, 2.24) is 35.2 Å². The molecule has 0 radical (unpaired) electrons. The van der Waals surface area contributed by atoms with Crippen LogP contribution in [0.15, 0.2) is 54.6 Å². The van der Waals surface area contributed by atoms with Crippen molar-refractivity contribution >= 4 is 11.2 Å². The summed E-state index contributed by atoms with van der Waals surface area (Å²) in [4.78, 5) is 7.93. The van der Waals surface area contributed by atoms with Crippen LogP contribution in [-0.2, 0) is 12.5 Å². The zero-order valence-electron chi connectivity index (χ0n) is 19.0. The Bertz CT molecular complexity index is 1540. The van der Waals surface area contributed by atoms with Crippen molar-refractivity contribution in [2.45, 2.75) is 32.5 Å². The lowest BCUT2D eigenvalue weighted by Crippen LogP contribution is -2.36. The molecule has 3 heterocycles. The third kappa shape index (κ3) is 3.97. The lowest BCUT2D eigenvalue weighted by atomic mass is 9.98. The molecule has 0 spiro atoms. The number of pyridine rings is 1. The Kier molecular flexibility index (Phi) is 5.53. The molecule has 1 N–H and O–H groups in total. The zero-order chi connectivity index (χ0) is 25.7. The van der Waals surface area contributed by atoms with Gasteiger partial charge in [-0.15, -0.1) is 10.2 Å². The van der Waals surface area contributed by atoms with Gasteiger partial charge in [0.1, 0.15) is 5.52 Å². The quantitative estimate of drug-likeness (QED) is 0.319. The molecule has 0 saturated heterocycles. The molecule has 0 saturated carbocycles. The molecular formula is C24H18F5N7. The predicted molar refractivity (Wildman–Crippen MR) is 121 cm³/mol. The van der Waals surface area contributed by atoms with E-state index in [0.29, 0.717) is 22.6 Å². The first-order chi connectivity index (χ1) is 17.1. The number of nitrogens with one attached hydrogen (secondary N) is 1. The van der Waals surface area contributed by atoms with Gasteiger partial charge in [-0.2, -0.15) is 27.2 Å². The number of aryl methyl sites for hydroxylation is 2. The van der Waals surface area contributed by atoms with Crippen LogP contribution in [0.4, 0.5) is 22.0 Å². The predicted octanol–water partition coefficient (Wildman–Crippen LogP) is 5.60. The summed E-state index contributed by atoms with van der Waals surface area (Å²) in [6, 6.07) is 15.8. The van der Waals surface area contributed by atoms with Crippen molar-refractivity contribution in [2.24, 2.45) is 0 Å². The van der Waals surface area contributed by atoms with E-state index >= 15 is 0 Å². The number of alkyl halides is 5. The summed E-state index contributed by atoms with van der Waals surface area (Å²) < 4.78 is 69.8. The average molecular weight is 499 g/mol. The molecule has 0 bridgehead atoms. The zero-order valence-corrected chi connectivity index (χ0v) is 19.0. The number of halogens is 5. The Morgan fingerprint density at radius 3 is 2.22 bits per heavy atom. The minimum atomic E-state index is -5.81. The Labute approximate surface area is 201 Å². The summed E-state index contributed by atoms with van der Waals surface area (Å²) in [5.41, 5.74) is 3.72. The van der Waals surface area contributed by atoms with Gasteiger partial charge in [0.15, 0.2) is 11.5 Å². The van der Waals surface area contributed by atoms with E-state index in [1.165, 1.54) is 0 Å². The molecule has 7 nitrogen and oxygen atoms in total. The third-order valence-electron chi connectivity index (χ3n) is 5.78. The first-order valence-electron chi connectivity index (χ1n) is 10.8.